The number of hydrogen-bond donors (Lipinski definition) is 1. The van der Waals surface area contributed by atoms with Crippen LogP contribution in [0.5, 0.6) is 0 Å². The molecule has 1 saturated carbocycles. The van der Waals surface area contributed by atoms with E-state index in [-0.39, 0.29) is 6.04 Å². The Morgan fingerprint density at radius 3 is 2.44 bits per heavy atom. The summed E-state index contributed by atoms with van der Waals surface area (Å²) >= 11 is 0. The maximum Gasteiger partial charge on any atom is 0.126 e. The molecule has 2 heterocycles. The second-order valence-corrected chi connectivity index (χ2v) is 8.60. The van der Waals surface area contributed by atoms with Gasteiger partial charge in [-0.05, 0) is 98.0 Å². The van der Waals surface area contributed by atoms with Gasteiger partial charge in [-0.3, -0.25) is 4.90 Å². The number of likely N-dealkylation sites (tertiary alicyclic amines) is 1. The fraction of sp³-hybridized carbons (Fsp3) is 0.414. The van der Waals surface area contributed by atoms with Crippen LogP contribution in [-0.2, 0) is 4.79 Å². The molecule has 0 spiro atoms. The van der Waals surface area contributed by atoms with Gasteiger partial charge in [0.15, 0.2) is 0 Å². The van der Waals surface area contributed by atoms with E-state index in [0.717, 1.165) is 78.0 Å². The lowest BCUT2D eigenvalue weighted by atomic mass is 9.97. The van der Waals surface area contributed by atoms with Crippen LogP contribution < -0.4 is 15.8 Å². The Morgan fingerprint density at radius 2 is 1.97 bits per heavy atom. The van der Waals surface area contributed by atoms with Gasteiger partial charge in [-0.25, -0.2) is 4.98 Å². The van der Waals surface area contributed by atoms with Gasteiger partial charge in [-0.1, -0.05) is 37.8 Å². The monoisotopic (exact) mass is 458 g/mol. The van der Waals surface area contributed by atoms with Crippen molar-refractivity contribution < 1.29 is 4.79 Å². The number of rotatable bonds is 8. The fourth-order valence-electron chi connectivity index (χ4n) is 3.81. The van der Waals surface area contributed by atoms with Gasteiger partial charge < -0.3 is 10.1 Å². The Labute approximate surface area is 204 Å². The average Bonchev–Trinajstić information content (AvgIpc) is 3.72. The second kappa shape index (κ2) is 14.1. The molecule has 1 N–H and O–H groups in total. The predicted molar refractivity (Wildman–Crippen MR) is 142 cm³/mol. The van der Waals surface area contributed by atoms with E-state index >= 15 is 0 Å². The molecule has 1 unspecified atom stereocenters. The second-order valence-electron chi connectivity index (χ2n) is 8.60. The summed E-state index contributed by atoms with van der Waals surface area (Å²) in [5.41, 5.74) is 2.76. The Bertz CT molecular complexity index is 1080. The summed E-state index contributed by atoms with van der Waals surface area (Å²) in [6.45, 7) is 14.2. The lowest BCUT2D eigenvalue weighted by Crippen LogP contribution is -2.39. The lowest BCUT2D eigenvalue weighted by molar-refractivity contribution is -0.108. The van der Waals surface area contributed by atoms with Crippen LogP contribution in [0.1, 0.15) is 46.0 Å². The molecule has 3 rings (SSSR count). The SMILES string of the molecule is C=C/C(=C\C(=C/C)C(C#N)N1CCCCC1)C(=C)/C=c1/cc(NC)nc/c1=C/C.O=CC1CC1. The molecule has 1 aromatic rings. The van der Waals surface area contributed by atoms with Gasteiger partial charge in [0.25, 0.3) is 0 Å². The van der Waals surface area contributed by atoms with E-state index in [2.05, 4.69) is 34.4 Å². The van der Waals surface area contributed by atoms with Gasteiger partial charge in [0.05, 0.1) is 6.07 Å². The zero-order valence-corrected chi connectivity index (χ0v) is 20.9. The highest BCUT2D eigenvalue weighted by molar-refractivity contribution is 5.62. The summed E-state index contributed by atoms with van der Waals surface area (Å²) in [5.74, 6) is 1.26. The molecule has 34 heavy (non-hydrogen) atoms. The summed E-state index contributed by atoms with van der Waals surface area (Å²) in [6, 6.07) is 4.26. The van der Waals surface area contributed by atoms with Crippen LogP contribution in [-0.4, -0.2) is 42.3 Å². The van der Waals surface area contributed by atoms with Gasteiger partial charge >= 0.3 is 0 Å². The van der Waals surface area contributed by atoms with Crippen molar-refractivity contribution in [3.63, 3.8) is 0 Å². The molecule has 2 fully saturated rings. The first-order valence-electron chi connectivity index (χ1n) is 12.1. The molecular weight excluding hydrogens is 420 g/mol. The average molecular weight is 459 g/mol. The highest BCUT2D eigenvalue weighted by Gasteiger charge is 2.22. The Morgan fingerprint density at radius 1 is 1.26 bits per heavy atom. The third-order valence-corrected chi connectivity index (χ3v) is 6.12. The maximum atomic E-state index is 9.83. The zero-order chi connectivity index (χ0) is 24.9. The number of aldehydes is 1. The molecular formula is C29H38N4O. The molecule has 1 aromatic heterocycles. The van der Waals surface area contributed by atoms with Crippen LogP contribution >= 0.6 is 0 Å². The van der Waals surface area contributed by atoms with Crippen molar-refractivity contribution in [1.82, 2.24) is 9.88 Å². The van der Waals surface area contributed by atoms with Crippen molar-refractivity contribution in [3.05, 3.63) is 70.8 Å². The number of nitriles is 1. The third-order valence-electron chi connectivity index (χ3n) is 6.12. The molecule has 0 radical (unpaired) electrons. The summed E-state index contributed by atoms with van der Waals surface area (Å²) in [6.07, 6.45) is 18.7. The molecule has 1 aliphatic heterocycles. The molecule has 2 aliphatic rings. The van der Waals surface area contributed by atoms with Crippen molar-refractivity contribution in [1.29, 1.82) is 5.26 Å². The first-order chi connectivity index (χ1) is 16.5. The van der Waals surface area contributed by atoms with Gasteiger partial charge in [0, 0.05) is 19.2 Å². The van der Waals surface area contributed by atoms with E-state index in [0.29, 0.717) is 5.92 Å². The number of nitrogens with zero attached hydrogens (tertiary/aromatic N) is 3. The van der Waals surface area contributed by atoms with Crippen LogP contribution in [0.4, 0.5) is 5.82 Å². The zero-order valence-electron chi connectivity index (χ0n) is 20.9. The van der Waals surface area contributed by atoms with Gasteiger partial charge in [0.2, 0.25) is 0 Å². The number of piperidine rings is 1. The predicted octanol–water partition coefficient (Wildman–Crippen LogP) is 4.29. The minimum absolute atomic E-state index is 0.237. The standard InChI is InChI=1S/C25H32N4.C4H6O/c1-6-20(15-21(7-2)24(17-26)29-12-10-9-11-13-29)19(4)14-23-16-25(27-5)28-18-22(23)8-3;5-3-4-1-2-4/h6-8,14-16,18,24,27H,1,4,9-13H2,2-3,5H3;3-4H,1-2H2/b20-15+,21-7+,22-8-,23-14-;. The quantitative estimate of drug-likeness (QED) is 0.465. The van der Waals surface area contributed by atoms with Gasteiger partial charge in [-0.15, -0.1) is 0 Å². The molecule has 1 atom stereocenters. The van der Waals surface area contributed by atoms with Crippen molar-refractivity contribution in [2.45, 2.75) is 52.0 Å². The van der Waals surface area contributed by atoms with Crippen LogP contribution in [0, 0.1) is 17.2 Å². The summed E-state index contributed by atoms with van der Waals surface area (Å²) in [4.78, 5) is 16.2. The molecule has 0 amide bonds. The molecule has 180 valence electrons. The van der Waals surface area contributed by atoms with Crippen molar-refractivity contribution >= 4 is 24.3 Å². The largest absolute Gasteiger partial charge is 0.373 e. The summed E-state index contributed by atoms with van der Waals surface area (Å²) < 4.78 is 0. The van der Waals surface area contributed by atoms with E-state index in [1.165, 1.54) is 6.42 Å². The normalized spacial score (nSPS) is 18.9. The van der Waals surface area contributed by atoms with E-state index < -0.39 is 0 Å². The van der Waals surface area contributed by atoms with Crippen LogP contribution in [0.2, 0.25) is 0 Å². The van der Waals surface area contributed by atoms with Gasteiger partial charge in [-0.2, -0.15) is 5.26 Å². The first-order valence-corrected chi connectivity index (χ1v) is 12.1. The molecule has 0 aromatic carbocycles. The van der Waals surface area contributed by atoms with Crippen LogP contribution in [0.15, 0.2) is 60.4 Å². The number of carbonyl (C=O) groups is 1. The van der Waals surface area contributed by atoms with Crippen molar-refractivity contribution in [3.8, 4) is 6.07 Å². The highest BCUT2D eigenvalue weighted by Crippen LogP contribution is 2.25. The highest BCUT2D eigenvalue weighted by atomic mass is 16.1. The fourth-order valence-corrected chi connectivity index (χ4v) is 3.81. The molecule has 5 heteroatoms. The number of anilines is 1. The number of pyridine rings is 1. The molecule has 5 nitrogen and oxygen atoms in total. The minimum atomic E-state index is -0.237. The topological polar surface area (TPSA) is 69.0 Å². The Balaban J connectivity index is 0.000000720. The van der Waals surface area contributed by atoms with Crippen molar-refractivity contribution in [2.75, 3.05) is 25.5 Å². The minimum Gasteiger partial charge on any atom is -0.373 e. The molecule has 1 saturated heterocycles. The van der Waals surface area contributed by atoms with Crippen molar-refractivity contribution in [2.24, 2.45) is 5.92 Å². The number of nitrogens with one attached hydrogen (secondary N) is 1. The molecule has 0 bridgehead atoms. The Kier molecular flexibility index (Phi) is 11.2. The number of aromatic nitrogens is 1. The van der Waals surface area contributed by atoms with E-state index in [1.807, 2.05) is 63.5 Å². The van der Waals surface area contributed by atoms with E-state index in [4.69, 9.17) is 0 Å². The third kappa shape index (κ3) is 7.97. The number of allylic oxidation sites excluding steroid dienone is 4. The van der Waals surface area contributed by atoms with Crippen LogP contribution in [0.3, 0.4) is 0 Å². The number of carbonyl (C=O) groups excluding carboxylic acids is 1. The van der Waals surface area contributed by atoms with E-state index in [1.54, 1.807) is 0 Å². The smallest absolute Gasteiger partial charge is 0.126 e. The Hall–Kier alpha value is -3.23. The molecule has 1 aliphatic carbocycles. The van der Waals surface area contributed by atoms with E-state index in [9.17, 15) is 10.1 Å². The summed E-state index contributed by atoms with van der Waals surface area (Å²) in [7, 11) is 1.85. The lowest BCUT2D eigenvalue weighted by Gasteiger charge is -2.31. The van der Waals surface area contributed by atoms with Gasteiger partial charge in [0.1, 0.15) is 18.1 Å². The van der Waals surface area contributed by atoms with Crippen LogP contribution in [0.25, 0.3) is 12.2 Å². The summed E-state index contributed by atoms with van der Waals surface area (Å²) in [5, 5.41) is 15.0. The first kappa shape index (κ1) is 27.0. The number of hydrogen-bond acceptors (Lipinski definition) is 5. The maximum absolute atomic E-state index is 9.83.